The van der Waals surface area contributed by atoms with Crippen LogP contribution in [0, 0.1) is 12.8 Å². The van der Waals surface area contributed by atoms with Gasteiger partial charge in [-0.2, -0.15) is 0 Å². The number of hydrogen-bond acceptors (Lipinski definition) is 3. The van der Waals surface area contributed by atoms with Crippen molar-refractivity contribution in [1.82, 2.24) is 24.5 Å². The van der Waals surface area contributed by atoms with Gasteiger partial charge in [0.2, 0.25) is 0 Å². The van der Waals surface area contributed by atoms with Gasteiger partial charge in [0.25, 0.3) is 0 Å². The Morgan fingerprint density at radius 1 is 0.909 bits per heavy atom. The average molecular weight is 474 g/mol. The standard InChI is InChI=1S/C26H21Cl2N5/c1-15-29-21-13-12-20(30-26(21)33(15)14-16-10-11-16)24-23(17-6-3-2-4-7-17)31-25(32-24)22-18(27)8-5-9-19(22)28/h2-9,12-13,16H,10-11,14H2,1H3,(H,31,32). The zero-order valence-electron chi connectivity index (χ0n) is 18.0. The van der Waals surface area contributed by atoms with Crippen molar-refractivity contribution in [2.75, 3.05) is 0 Å². The molecule has 6 rings (SSSR count). The van der Waals surface area contributed by atoms with Crippen LogP contribution in [0.4, 0.5) is 0 Å². The number of aryl methyl sites for hydroxylation is 1. The Kier molecular flexibility index (Phi) is 4.97. The highest BCUT2D eigenvalue weighted by Gasteiger charge is 2.25. The van der Waals surface area contributed by atoms with E-state index >= 15 is 0 Å². The van der Waals surface area contributed by atoms with Crippen molar-refractivity contribution in [2.24, 2.45) is 5.92 Å². The molecule has 1 saturated carbocycles. The van der Waals surface area contributed by atoms with E-state index in [1.807, 2.05) is 67.6 Å². The second-order valence-corrected chi connectivity index (χ2v) is 9.34. The normalized spacial score (nSPS) is 13.7. The van der Waals surface area contributed by atoms with Crippen LogP contribution in [0.1, 0.15) is 18.7 Å². The highest BCUT2D eigenvalue weighted by Crippen LogP contribution is 2.38. The molecule has 5 nitrogen and oxygen atoms in total. The maximum Gasteiger partial charge on any atom is 0.160 e. The molecule has 3 aromatic heterocycles. The van der Waals surface area contributed by atoms with E-state index in [1.54, 1.807) is 0 Å². The number of pyridine rings is 1. The summed E-state index contributed by atoms with van der Waals surface area (Å²) in [5, 5.41) is 1.09. The second-order valence-electron chi connectivity index (χ2n) is 8.52. The number of hydrogen-bond donors (Lipinski definition) is 1. The maximum atomic E-state index is 6.50. The third kappa shape index (κ3) is 3.71. The largest absolute Gasteiger partial charge is 0.336 e. The third-order valence-electron chi connectivity index (χ3n) is 6.13. The highest BCUT2D eigenvalue weighted by molar-refractivity contribution is 6.39. The van der Waals surface area contributed by atoms with Gasteiger partial charge in [-0.25, -0.2) is 15.0 Å². The Bertz CT molecular complexity index is 1460. The van der Waals surface area contributed by atoms with Gasteiger partial charge >= 0.3 is 0 Å². The maximum absolute atomic E-state index is 6.50. The van der Waals surface area contributed by atoms with E-state index < -0.39 is 0 Å². The molecular formula is C26H21Cl2N5. The van der Waals surface area contributed by atoms with Crippen molar-refractivity contribution in [3.8, 4) is 34.0 Å². The van der Waals surface area contributed by atoms with Gasteiger partial charge in [-0.1, -0.05) is 59.6 Å². The lowest BCUT2D eigenvalue weighted by molar-refractivity contribution is 0.622. The van der Waals surface area contributed by atoms with Crippen LogP contribution in [0.5, 0.6) is 0 Å². The predicted molar refractivity (Wildman–Crippen MR) is 133 cm³/mol. The minimum atomic E-state index is 0.545. The molecule has 1 N–H and O–H groups in total. The van der Waals surface area contributed by atoms with Crippen molar-refractivity contribution in [3.63, 3.8) is 0 Å². The number of fused-ring (bicyclic) bond motifs is 1. The molecule has 5 aromatic rings. The Hall–Kier alpha value is -3.15. The number of H-pyrrole nitrogens is 1. The number of imidazole rings is 2. The fraction of sp³-hybridized carbons (Fsp3) is 0.192. The Morgan fingerprint density at radius 2 is 1.67 bits per heavy atom. The molecule has 2 aromatic carbocycles. The second kappa shape index (κ2) is 8.01. The number of rotatable bonds is 5. The van der Waals surface area contributed by atoms with Crippen molar-refractivity contribution in [1.29, 1.82) is 0 Å². The summed E-state index contributed by atoms with van der Waals surface area (Å²) in [6.07, 6.45) is 2.55. The molecule has 0 atom stereocenters. The van der Waals surface area contributed by atoms with Crippen LogP contribution in [0.3, 0.4) is 0 Å². The van der Waals surface area contributed by atoms with Crippen molar-refractivity contribution >= 4 is 34.4 Å². The van der Waals surface area contributed by atoms with Crippen LogP contribution in [0.25, 0.3) is 45.2 Å². The van der Waals surface area contributed by atoms with Crippen LogP contribution in [-0.4, -0.2) is 24.5 Å². The number of halogens is 2. The summed E-state index contributed by atoms with van der Waals surface area (Å²) in [4.78, 5) is 18.2. The topological polar surface area (TPSA) is 59.4 Å². The van der Waals surface area contributed by atoms with Crippen LogP contribution in [0.2, 0.25) is 10.0 Å². The summed E-state index contributed by atoms with van der Waals surface area (Å²) in [6.45, 7) is 3.01. The molecule has 1 aliphatic rings. The lowest BCUT2D eigenvalue weighted by Crippen LogP contribution is -2.03. The Balaban J connectivity index is 1.55. The zero-order valence-corrected chi connectivity index (χ0v) is 19.5. The SMILES string of the molecule is Cc1nc2ccc(-c3[nH]c(-c4c(Cl)cccc4Cl)nc3-c3ccccc3)nc2n1CC1CC1. The van der Waals surface area contributed by atoms with E-state index in [1.165, 1.54) is 12.8 Å². The molecule has 0 spiro atoms. The van der Waals surface area contributed by atoms with Gasteiger partial charge in [-0.15, -0.1) is 0 Å². The molecule has 33 heavy (non-hydrogen) atoms. The molecule has 0 aliphatic heterocycles. The predicted octanol–water partition coefficient (Wildman–Crippen LogP) is 7.18. The summed E-state index contributed by atoms with van der Waals surface area (Å²) in [5.74, 6) is 2.34. The van der Waals surface area contributed by atoms with Crippen LogP contribution in [0.15, 0.2) is 60.7 Å². The fourth-order valence-corrected chi connectivity index (χ4v) is 4.81. The quantitative estimate of drug-likeness (QED) is 0.294. The number of nitrogens with zero attached hydrogens (tertiary/aromatic N) is 4. The van der Waals surface area contributed by atoms with E-state index in [0.717, 1.165) is 52.1 Å². The molecule has 3 heterocycles. The van der Waals surface area contributed by atoms with Crippen LogP contribution < -0.4 is 0 Å². The minimum absolute atomic E-state index is 0.545. The van der Waals surface area contributed by atoms with Crippen molar-refractivity contribution < 1.29 is 0 Å². The van der Waals surface area contributed by atoms with E-state index in [0.29, 0.717) is 21.4 Å². The Labute approximate surface area is 201 Å². The summed E-state index contributed by atoms with van der Waals surface area (Å²) in [7, 11) is 0. The molecular weight excluding hydrogens is 453 g/mol. The van der Waals surface area contributed by atoms with E-state index in [4.69, 9.17) is 38.2 Å². The zero-order chi connectivity index (χ0) is 22.5. The molecule has 164 valence electrons. The minimum Gasteiger partial charge on any atom is -0.336 e. The lowest BCUT2D eigenvalue weighted by atomic mass is 10.1. The monoisotopic (exact) mass is 473 g/mol. The van der Waals surface area contributed by atoms with E-state index in [-0.39, 0.29) is 0 Å². The summed E-state index contributed by atoms with van der Waals surface area (Å²) < 4.78 is 2.24. The van der Waals surface area contributed by atoms with Gasteiger partial charge in [-0.3, -0.25) is 0 Å². The van der Waals surface area contributed by atoms with E-state index in [9.17, 15) is 0 Å². The molecule has 0 radical (unpaired) electrons. The first kappa shape index (κ1) is 20.5. The van der Waals surface area contributed by atoms with Gasteiger partial charge in [0, 0.05) is 12.1 Å². The van der Waals surface area contributed by atoms with Crippen LogP contribution >= 0.6 is 23.2 Å². The number of aromatic amines is 1. The molecule has 0 amide bonds. The molecule has 0 saturated heterocycles. The van der Waals surface area contributed by atoms with E-state index in [2.05, 4.69) is 9.55 Å². The summed E-state index contributed by atoms with van der Waals surface area (Å²) in [6, 6.07) is 19.6. The average Bonchev–Trinajstić information content (AvgIpc) is 3.45. The van der Waals surface area contributed by atoms with Gasteiger partial charge in [0.05, 0.1) is 32.7 Å². The van der Waals surface area contributed by atoms with Crippen molar-refractivity contribution in [2.45, 2.75) is 26.3 Å². The first-order valence-corrected chi connectivity index (χ1v) is 11.8. The first-order valence-electron chi connectivity index (χ1n) is 11.0. The number of nitrogens with one attached hydrogen (secondary N) is 1. The van der Waals surface area contributed by atoms with Crippen LogP contribution in [-0.2, 0) is 6.54 Å². The smallest absolute Gasteiger partial charge is 0.160 e. The third-order valence-corrected chi connectivity index (χ3v) is 6.76. The number of aromatic nitrogens is 5. The van der Waals surface area contributed by atoms with Crippen molar-refractivity contribution in [3.05, 3.63) is 76.5 Å². The lowest BCUT2D eigenvalue weighted by Gasteiger charge is -2.06. The number of benzene rings is 2. The molecule has 0 unspecified atom stereocenters. The summed E-state index contributed by atoms with van der Waals surface area (Å²) in [5.41, 5.74) is 5.92. The fourth-order valence-electron chi connectivity index (χ4n) is 4.24. The van der Waals surface area contributed by atoms with Gasteiger partial charge in [-0.05, 0) is 49.9 Å². The first-order chi connectivity index (χ1) is 16.1. The summed E-state index contributed by atoms with van der Waals surface area (Å²) >= 11 is 13.0. The molecule has 1 fully saturated rings. The van der Waals surface area contributed by atoms with Gasteiger partial charge in [0.1, 0.15) is 17.2 Å². The molecule has 0 bridgehead atoms. The molecule has 7 heteroatoms. The van der Waals surface area contributed by atoms with Gasteiger partial charge in [0.15, 0.2) is 5.65 Å². The molecule has 1 aliphatic carbocycles. The highest BCUT2D eigenvalue weighted by atomic mass is 35.5. The Morgan fingerprint density at radius 3 is 2.39 bits per heavy atom. The van der Waals surface area contributed by atoms with Gasteiger partial charge < -0.3 is 9.55 Å².